The molecule has 0 saturated carbocycles. The van der Waals surface area contributed by atoms with Crippen LogP contribution in [0.1, 0.15) is 15.9 Å². The van der Waals surface area contributed by atoms with E-state index in [4.69, 9.17) is 14.2 Å². The summed E-state index contributed by atoms with van der Waals surface area (Å²) in [5.74, 6) is 0.662. The summed E-state index contributed by atoms with van der Waals surface area (Å²) >= 11 is 0. The summed E-state index contributed by atoms with van der Waals surface area (Å²) in [5, 5.41) is 0. The molecule has 1 aromatic carbocycles. The van der Waals surface area contributed by atoms with Crippen molar-refractivity contribution in [3.8, 4) is 11.5 Å². The molecule has 0 bridgehead atoms. The highest BCUT2D eigenvalue weighted by molar-refractivity contribution is 5.90. The van der Waals surface area contributed by atoms with E-state index in [-0.39, 0.29) is 0 Å². The van der Waals surface area contributed by atoms with Gasteiger partial charge in [-0.05, 0) is 18.6 Å². The van der Waals surface area contributed by atoms with Gasteiger partial charge in [-0.15, -0.1) is 6.58 Å². The zero-order valence-corrected chi connectivity index (χ0v) is 11.3. The zero-order valence-electron chi connectivity index (χ0n) is 11.3. The van der Waals surface area contributed by atoms with Gasteiger partial charge in [-0.2, -0.15) is 0 Å². The molecule has 102 valence electrons. The minimum Gasteiger partial charge on any atom is -0.493 e. The first-order chi connectivity index (χ1) is 9.17. The minimum absolute atomic E-state index is 0.359. The van der Waals surface area contributed by atoms with Gasteiger partial charge in [0.25, 0.3) is 0 Å². The molecule has 0 aliphatic rings. The van der Waals surface area contributed by atoms with Gasteiger partial charge >= 0.3 is 5.97 Å². The van der Waals surface area contributed by atoms with Crippen LogP contribution in [0.3, 0.4) is 0 Å². The molecule has 0 aliphatic heterocycles. The van der Waals surface area contributed by atoms with E-state index < -0.39 is 5.97 Å². The van der Waals surface area contributed by atoms with Gasteiger partial charge in [0, 0.05) is 5.56 Å². The average molecular weight is 262 g/mol. The number of hydrogen-bond donors (Lipinski definition) is 0. The first kappa shape index (κ1) is 14.8. The van der Waals surface area contributed by atoms with E-state index >= 15 is 0 Å². The first-order valence-corrected chi connectivity index (χ1v) is 5.81. The lowest BCUT2D eigenvalue weighted by atomic mass is 10.1. The van der Waals surface area contributed by atoms with Crippen molar-refractivity contribution < 1.29 is 19.0 Å². The molecule has 0 unspecified atom stereocenters. The quantitative estimate of drug-likeness (QED) is 0.560. The molecule has 4 nitrogen and oxygen atoms in total. The summed E-state index contributed by atoms with van der Waals surface area (Å²) in [6.07, 6.45) is 3.94. The van der Waals surface area contributed by atoms with Crippen molar-refractivity contribution in [1.82, 2.24) is 0 Å². The molecule has 4 heteroatoms. The molecule has 19 heavy (non-hydrogen) atoms. The van der Waals surface area contributed by atoms with Crippen molar-refractivity contribution in [2.75, 3.05) is 20.8 Å². The molecular formula is C15H18O4. The predicted molar refractivity (Wildman–Crippen MR) is 73.9 cm³/mol. The Bertz CT molecular complexity index is 477. The number of carbonyl (C=O) groups is 1. The van der Waals surface area contributed by atoms with Gasteiger partial charge < -0.3 is 14.2 Å². The van der Waals surface area contributed by atoms with Crippen LogP contribution < -0.4 is 9.47 Å². The van der Waals surface area contributed by atoms with E-state index in [2.05, 4.69) is 13.2 Å². The highest BCUT2D eigenvalue weighted by Crippen LogP contribution is 2.33. The van der Waals surface area contributed by atoms with E-state index in [1.165, 1.54) is 14.2 Å². The third-order valence-electron chi connectivity index (χ3n) is 2.48. The predicted octanol–water partition coefficient (Wildman–Crippen LogP) is 2.78. The number of benzene rings is 1. The number of rotatable bonds is 7. The van der Waals surface area contributed by atoms with Gasteiger partial charge in [-0.25, -0.2) is 4.79 Å². The fourth-order valence-corrected chi connectivity index (χ4v) is 1.66. The zero-order chi connectivity index (χ0) is 14.3. The molecular weight excluding hydrogens is 244 g/mol. The summed E-state index contributed by atoms with van der Waals surface area (Å²) in [6.45, 7) is 7.66. The molecule has 0 saturated heterocycles. The van der Waals surface area contributed by atoms with Crippen LogP contribution in [0.25, 0.3) is 0 Å². The van der Waals surface area contributed by atoms with Gasteiger partial charge in [-0.3, -0.25) is 0 Å². The summed E-state index contributed by atoms with van der Waals surface area (Å²) in [4.78, 5) is 11.6. The fraction of sp³-hybridized carbons (Fsp3) is 0.267. The van der Waals surface area contributed by atoms with Crippen molar-refractivity contribution >= 4 is 5.97 Å². The van der Waals surface area contributed by atoms with E-state index in [0.717, 1.165) is 5.56 Å². The number of hydrogen-bond acceptors (Lipinski definition) is 4. The average Bonchev–Trinajstić information content (AvgIpc) is 2.44. The van der Waals surface area contributed by atoms with Gasteiger partial charge in [0.05, 0.1) is 19.8 Å². The summed E-state index contributed by atoms with van der Waals surface area (Å²) < 4.78 is 15.6. The third kappa shape index (κ3) is 3.61. The van der Waals surface area contributed by atoms with Crippen LogP contribution >= 0.6 is 0 Å². The number of allylic oxidation sites excluding steroid dienone is 1. The van der Waals surface area contributed by atoms with Crippen LogP contribution in [0.15, 0.2) is 37.4 Å². The number of carbonyl (C=O) groups excluding carboxylic acids is 1. The fourth-order valence-electron chi connectivity index (χ4n) is 1.66. The van der Waals surface area contributed by atoms with Gasteiger partial charge in [0.2, 0.25) is 0 Å². The smallest absolute Gasteiger partial charge is 0.337 e. The molecule has 0 heterocycles. The summed E-state index contributed by atoms with van der Waals surface area (Å²) in [5.41, 5.74) is 1.23. The Morgan fingerprint density at radius 1 is 1.26 bits per heavy atom. The molecule has 0 atom stereocenters. The van der Waals surface area contributed by atoms with E-state index in [9.17, 15) is 4.79 Å². The Balaban J connectivity index is 3.29. The van der Waals surface area contributed by atoms with Crippen molar-refractivity contribution in [2.24, 2.45) is 0 Å². The van der Waals surface area contributed by atoms with Crippen LogP contribution in [0.2, 0.25) is 0 Å². The Morgan fingerprint density at radius 3 is 2.53 bits per heavy atom. The van der Waals surface area contributed by atoms with Crippen molar-refractivity contribution in [2.45, 2.75) is 6.42 Å². The first-order valence-electron chi connectivity index (χ1n) is 5.81. The van der Waals surface area contributed by atoms with Gasteiger partial charge in [-0.1, -0.05) is 18.7 Å². The normalized spacial score (nSPS) is 9.58. The van der Waals surface area contributed by atoms with Crippen LogP contribution in [0, 0.1) is 0 Å². The van der Waals surface area contributed by atoms with E-state index in [1.807, 2.05) is 0 Å². The second-order valence-corrected chi connectivity index (χ2v) is 3.75. The van der Waals surface area contributed by atoms with Gasteiger partial charge in [0.1, 0.15) is 6.61 Å². The highest BCUT2D eigenvalue weighted by atomic mass is 16.5. The molecule has 0 radical (unpaired) electrons. The molecule has 0 aromatic heterocycles. The highest BCUT2D eigenvalue weighted by Gasteiger charge is 2.16. The Hall–Kier alpha value is -2.23. The molecule has 0 fully saturated rings. The maximum atomic E-state index is 11.6. The van der Waals surface area contributed by atoms with E-state index in [0.29, 0.717) is 30.1 Å². The topological polar surface area (TPSA) is 44.8 Å². The Labute approximate surface area is 113 Å². The number of esters is 1. The summed E-state index contributed by atoms with van der Waals surface area (Å²) in [7, 11) is 2.86. The SMILES string of the molecule is C=CCOc1c(CC=C)cc(C(=O)OC)cc1OC. The van der Waals surface area contributed by atoms with Crippen molar-refractivity contribution in [1.29, 1.82) is 0 Å². The van der Waals surface area contributed by atoms with Crippen LogP contribution in [-0.4, -0.2) is 26.8 Å². The van der Waals surface area contributed by atoms with Crippen molar-refractivity contribution in [3.63, 3.8) is 0 Å². The van der Waals surface area contributed by atoms with Crippen LogP contribution in [0.5, 0.6) is 11.5 Å². The second kappa shape index (κ2) is 7.26. The van der Waals surface area contributed by atoms with Crippen molar-refractivity contribution in [3.05, 3.63) is 48.6 Å². The number of methoxy groups -OCH3 is 2. The second-order valence-electron chi connectivity index (χ2n) is 3.75. The largest absolute Gasteiger partial charge is 0.493 e. The van der Waals surface area contributed by atoms with E-state index in [1.54, 1.807) is 24.3 Å². The molecule has 1 rings (SSSR count). The third-order valence-corrected chi connectivity index (χ3v) is 2.48. The van der Waals surface area contributed by atoms with Crippen LogP contribution in [0.4, 0.5) is 0 Å². The molecule has 0 spiro atoms. The standard InChI is InChI=1S/C15H18O4/c1-5-7-11-9-12(15(16)18-4)10-13(17-3)14(11)19-8-6-2/h5-6,9-10H,1-2,7-8H2,3-4H3. The minimum atomic E-state index is -0.418. The molecule has 0 aliphatic carbocycles. The lowest BCUT2D eigenvalue weighted by Gasteiger charge is -2.15. The van der Waals surface area contributed by atoms with Gasteiger partial charge in [0.15, 0.2) is 11.5 Å². The Morgan fingerprint density at radius 2 is 2.00 bits per heavy atom. The maximum Gasteiger partial charge on any atom is 0.337 e. The summed E-state index contributed by atoms with van der Waals surface area (Å²) in [6, 6.07) is 3.31. The molecule has 0 N–H and O–H groups in total. The maximum absolute atomic E-state index is 11.6. The lowest BCUT2D eigenvalue weighted by molar-refractivity contribution is 0.0600. The number of ether oxygens (including phenoxy) is 3. The monoisotopic (exact) mass is 262 g/mol. The molecule has 0 amide bonds. The van der Waals surface area contributed by atoms with Crippen LogP contribution in [-0.2, 0) is 11.2 Å². The molecule has 1 aromatic rings. The lowest BCUT2D eigenvalue weighted by Crippen LogP contribution is -2.06. The Kier molecular flexibility index (Phi) is 5.67.